The molecule has 2 aromatic rings. The number of fused-ring (bicyclic) bond motifs is 1. The van der Waals surface area contributed by atoms with Crippen molar-refractivity contribution < 1.29 is 14.2 Å². The molecule has 6 nitrogen and oxygen atoms in total. The second kappa shape index (κ2) is 8.57. The Kier molecular flexibility index (Phi) is 5.95. The number of ether oxygens (including phenoxy) is 3. The Hall–Kier alpha value is -3.33. The quantitative estimate of drug-likeness (QED) is 0.555. The maximum atomic E-state index is 9.67. The van der Waals surface area contributed by atoms with Crippen molar-refractivity contribution in [3.63, 3.8) is 0 Å². The Labute approximate surface area is 165 Å². The zero-order valence-corrected chi connectivity index (χ0v) is 16.2. The minimum absolute atomic E-state index is 0.0875. The number of allylic oxidation sites excluding steroid dienone is 1. The van der Waals surface area contributed by atoms with Gasteiger partial charge in [-0.25, -0.2) is 0 Å². The molecule has 0 saturated carbocycles. The van der Waals surface area contributed by atoms with Crippen LogP contribution >= 0.6 is 0 Å². The van der Waals surface area contributed by atoms with Crippen molar-refractivity contribution in [2.45, 2.75) is 32.1 Å². The minimum atomic E-state index is -0.364. The first-order chi connectivity index (χ1) is 13.6. The molecule has 3 rings (SSSR count). The fourth-order valence-electron chi connectivity index (χ4n) is 3.33. The Morgan fingerprint density at radius 2 is 1.93 bits per heavy atom. The van der Waals surface area contributed by atoms with Gasteiger partial charge in [-0.2, -0.15) is 5.26 Å². The monoisotopic (exact) mass is 379 g/mol. The van der Waals surface area contributed by atoms with Gasteiger partial charge in [-0.15, -0.1) is 0 Å². The minimum Gasteiger partial charge on any atom is -0.493 e. The van der Waals surface area contributed by atoms with E-state index in [4.69, 9.17) is 25.7 Å². The molecule has 1 aliphatic heterocycles. The smallest absolute Gasteiger partial charge is 0.205 e. The van der Waals surface area contributed by atoms with Crippen LogP contribution in [0.25, 0.3) is 0 Å². The third kappa shape index (κ3) is 3.84. The van der Waals surface area contributed by atoms with Gasteiger partial charge in [0.05, 0.1) is 19.6 Å². The van der Waals surface area contributed by atoms with Gasteiger partial charge in [-0.1, -0.05) is 31.9 Å². The number of nitriles is 1. The Balaban J connectivity index is 1.99. The maximum absolute atomic E-state index is 9.67. The van der Waals surface area contributed by atoms with E-state index >= 15 is 0 Å². The number of hydrogen-bond acceptors (Lipinski definition) is 6. The predicted octanol–water partition coefficient (Wildman–Crippen LogP) is 4.06. The van der Waals surface area contributed by atoms with Gasteiger partial charge in [0.15, 0.2) is 11.5 Å². The second-order valence-corrected chi connectivity index (χ2v) is 6.69. The van der Waals surface area contributed by atoms with Crippen LogP contribution in [-0.4, -0.2) is 13.7 Å². The zero-order chi connectivity index (χ0) is 20.1. The third-order valence-electron chi connectivity index (χ3n) is 4.77. The molecule has 0 fully saturated rings. The summed E-state index contributed by atoms with van der Waals surface area (Å²) >= 11 is 0. The van der Waals surface area contributed by atoms with Crippen LogP contribution in [0.4, 0.5) is 5.69 Å². The van der Waals surface area contributed by atoms with Crippen molar-refractivity contribution in [1.29, 1.82) is 5.26 Å². The summed E-state index contributed by atoms with van der Waals surface area (Å²) in [7, 11) is 1.60. The van der Waals surface area contributed by atoms with E-state index in [1.54, 1.807) is 19.2 Å². The lowest BCUT2D eigenvalue weighted by molar-refractivity contribution is 0.286. The SMILES string of the molecule is CCCCCOc1ccc([C@H]2C(C#N)=C(N)Oc3cc(N)ccc32)cc1OC. The molecule has 0 spiro atoms. The number of nitrogens with two attached hydrogens (primary N) is 2. The summed E-state index contributed by atoms with van der Waals surface area (Å²) in [5.41, 5.74) is 14.5. The third-order valence-corrected chi connectivity index (χ3v) is 4.77. The van der Waals surface area contributed by atoms with E-state index in [1.165, 1.54) is 0 Å². The molecule has 0 saturated heterocycles. The first-order valence-corrected chi connectivity index (χ1v) is 9.36. The van der Waals surface area contributed by atoms with E-state index in [0.717, 1.165) is 30.4 Å². The average molecular weight is 379 g/mol. The van der Waals surface area contributed by atoms with Gasteiger partial charge in [0, 0.05) is 17.3 Å². The highest BCUT2D eigenvalue weighted by Gasteiger charge is 2.31. The summed E-state index contributed by atoms with van der Waals surface area (Å²) < 4.78 is 17.0. The topological polar surface area (TPSA) is 104 Å². The second-order valence-electron chi connectivity index (χ2n) is 6.69. The van der Waals surface area contributed by atoms with Gasteiger partial charge in [0.1, 0.15) is 17.4 Å². The van der Waals surface area contributed by atoms with E-state index in [1.807, 2.05) is 24.3 Å². The van der Waals surface area contributed by atoms with E-state index in [-0.39, 0.29) is 11.8 Å². The molecular formula is C22H25N3O3. The standard InChI is InChI=1S/C22H25N3O3/c1-3-4-5-10-27-18-9-6-14(11-20(18)26-2)21-16-8-7-15(24)12-19(16)28-22(25)17(21)13-23/h6-9,11-12,21H,3-5,10,24-25H2,1-2H3/t21-/m1/s1. The van der Waals surface area contributed by atoms with E-state index in [9.17, 15) is 5.26 Å². The lowest BCUT2D eigenvalue weighted by Gasteiger charge is -2.27. The van der Waals surface area contributed by atoms with Crippen LogP contribution in [-0.2, 0) is 0 Å². The molecule has 146 valence electrons. The van der Waals surface area contributed by atoms with Crippen molar-refractivity contribution in [3.8, 4) is 23.3 Å². The van der Waals surface area contributed by atoms with Gasteiger partial charge in [-0.3, -0.25) is 0 Å². The van der Waals surface area contributed by atoms with E-state index in [0.29, 0.717) is 35.1 Å². The van der Waals surface area contributed by atoms with Crippen molar-refractivity contribution in [1.82, 2.24) is 0 Å². The average Bonchev–Trinajstić information content (AvgIpc) is 2.70. The van der Waals surface area contributed by atoms with Crippen LogP contribution in [0.5, 0.6) is 17.2 Å². The number of rotatable bonds is 7. The van der Waals surface area contributed by atoms with Crippen LogP contribution in [0, 0.1) is 11.3 Å². The summed E-state index contributed by atoms with van der Waals surface area (Å²) in [4.78, 5) is 0. The van der Waals surface area contributed by atoms with Crippen LogP contribution in [0.3, 0.4) is 0 Å². The molecule has 0 aromatic heterocycles. The molecule has 0 radical (unpaired) electrons. The van der Waals surface area contributed by atoms with Gasteiger partial charge in [-0.05, 0) is 30.2 Å². The highest BCUT2D eigenvalue weighted by atomic mass is 16.5. The maximum Gasteiger partial charge on any atom is 0.205 e. The lowest BCUT2D eigenvalue weighted by atomic mass is 9.83. The first-order valence-electron chi connectivity index (χ1n) is 9.36. The van der Waals surface area contributed by atoms with Gasteiger partial charge in [0.2, 0.25) is 5.88 Å². The first kappa shape index (κ1) is 19.4. The van der Waals surface area contributed by atoms with Gasteiger partial charge < -0.3 is 25.7 Å². The molecule has 6 heteroatoms. The van der Waals surface area contributed by atoms with Crippen molar-refractivity contribution >= 4 is 5.69 Å². The molecular weight excluding hydrogens is 354 g/mol. The largest absolute Gasteiger partial charge is 0.493 e. The number of anilines is 1. The predicted molar refractivity (Wildman–Crippen MR) is 108 cm³/mol. The summed E-state index contributed by atoms with van der Waals surface area (Å²) in [5.74, 6) is 1.58. The summed E-state index contributed by atoms with van der Waals surface area (Å²) in [6.07, 6.45) is 3.25. The molecule has 0 aliphatic carbocycles. The molecule has 0 bridgehead atoms. The molecule has 1 atom stereocenters. The molecule has 4 N–H and O–H groups in total. The Morgan fingerprint density at radius 1 is 1.11 bits per heavy atom. The van der Waals surface area contributed by atoms with Crippen LogP contribution in [0.1, 0.15) is 43.2 Å². The Bertz CT molecular complexity index is 931. The molecule has 0 unspecified atom stereocenters. The van der Waals surface area contributed by atoms with E-state index < -0.39 is 0 Å². The number of nitrogen functional groups attached to an aromatic ring is 1. The number of nitrogens with zero attached hydrogens (tertiary/aromatic N) is 1. The summed E-state index contributed by atoms with van der Waals surface area (Å²) in [6.45, 7) is 2.79. The van der Waals surface area contributed by atoms with Crippen LogP contribution < -0.4 is 25.7 Å². The van der Waals surface area contributed by atoms with Crippen LogP contribution in [0.15, 0.2) is 47.9 Å². The van der Waals surface area contributed by atoms with Crippen molar-refractivity contribution in [2.24, 2.45) is 5.73 Å². The number of unbranched alkanes of at least 4 members (excludes halogenated alkanes) is 2. The van der Waals surface area contributed by atoms with E-state index in [2.05, 4.69) is 13.0 Å². The fourth-order valence-corrected chi connectivity index (χ4v) is 3.33. The lowest BCUT2D eigenvalue weighted by Crippen LogP contribution is -2.21. The number of methoxy groups -OCH3 is 1. The summed E-state index contributed by atoms with van der Waals surface area (Å²) in [6, 6.07) is 13.2. The molecule has 1 aliphatic rings. The van der Waals surface area contributed by atoms with Crippen molar-refractivity contribution in [2.75, 3.05) is 19.5 Å². The summed E-state index contributed by atoms with van der Waals surface area (Å²) in [5, 5.41) is 9.67. The molecule has 28 heavy (non-hydrogen) atoms. The van der Waals surface area contributed by atoms with Gasteiger partial charge in [0.25, 0.3) is 0 Å². The molecule has 0 amide bonds. The number of benzene rings is 2. The van der Waals surface area contributed by atoms with Crippen LogP contribution in [0.2, 0.25) is 0 Å². The van der Waals surface area contributed by atoms with Crippen molar-refractivity contribution in [3.05, 3.63) is 59.0 Å². The molecule has 1 heterocycles. The number of hydrogen-bond donors (Lipinski definition) is 2. The highest BCUT2D eigenvalue weighted by molar-refractivity contribution is 5.60. The zero-order valence-electron chi connectivity index (χ0n) is 16.2. The van der Waals surface area contributed by atoms with Gasteiger partial charge >= 0.3 is 0 Å². The normalized spacial score (nSPS) is 15.4. The highest BCUT2D eigenvalue weighted by Crippen LogP contribution is 2.44. The molecule has 2 aromatic carbocycles. The Morgan fingerprint density at radius 3 is 2.64 bits per heavy atom. The fraction of sp³-hybridized carbons (Fsp3) is 0.318.